The van der Waals surface area contributed by atoms with Gasteiger partial charge in [0, 0.05) is 19.2 Å². The van der Waals surface area contributed by atoms with Gasteiger partial charge in [-0.3, -0.25) is 9.59 Å². The van der Waals surface area contributed by atoms with Crippen molar-refractivity contribution in [1.29, 1.82) is 0 Å². The van der Waals surface area contributed by atoms with Gasteiger partial charge in [0.2, 0.25) is 0 Å². The van der Waals surface area contributed by atoms with Gasteiger partial charge in [-0.05, 0) is 12.5 Å². The summed E-state index contributed by atoms with van der Waals surface area (Å²) < 4.78 is 0. The first-order valence-electron chi connectivity index (χ1n) is 5.68. The molecule has 92 valence electrons. The number of aromatic nitrogens is 2. The number of amides is 1. The van der Waals surface area contributed by atoms with Gasteiger partial charge in [0.1, 0.15) is 5.69 Å². The Morgan fingerprint density at radius 1 is 1.59 bits per heavy atom. The Labute approximate surface area is 98.8 Å². The Bertz CT molecular complexity index is 456. The van der Waals surface area contributed by atoms with Crippen LogP contribution in [-0.4, -0.2) is 39.6 Å². The van der Waals surface area contributed by atoms with Crippen molar-refractivity contribution in [2.24, 2.45) is 5.73 Å². The fourth-order valence-electron chi connectivity index (χ4n) is 2.14. The first kappa shape index (κ1) is 11.8. The van der Waals surface area contributed by atoms with Crippen molar-refractivity contribution in [1.82, 2.24) is 15.1 Å². The van der Waals surface area contributed by atoms with E-state index in [2.05, 4.69) is 17.1 Å². The van der Waals surface area contributed by atoms with Gasteiger partial charge in [0.25, 0.3) is 11.5 Å². The van der Waals surface area contributed by atoms with Gasteiger partial charge in [-0.1, -0.05) is 13.3 Å². The third kappa shape index (κ3) is 2.36. The van der Waals surface area contributed by atoms with Crippen LogP contribution in [-0.2, 0) is 0 Å². The van der Waals surface area contributed by atoms with Crippen molar-refractivity contribution >= 4 is 5.91 Å². The standard InChI is InChI=1S/C11H16N4O2/c1-2-5-11(12)6-15(7-11)10(17)8-3-4-9(16)14-13-8/h3-4H,2,5-7,12H2,1H3,(H,14,16). The molecule has 6 heteroatoms. The van der Waals surface area contributed by atoms with E-state index < -0.39 is 0 Å². The minimum Gasteiger partial charge on any atom is -0.333 e. The number of H-pyrrole nitrogens is 1. The molecule has 1 aliphatic heterocycles. The van der Waals surface area contributed by atoms with Crippen LogP contribution in [0.3, 0.4) is 0 Å². The van der Waals surface area contributed by atoms with Gasteiger partial charge in [0.05, 0.1) is 5.54 Å². The number of likely N-dealkylation sites (tertiary alicyclic amines) is 1. The molecule has 1 amide bonds. The average Bonchev–Trinajstić information content (AvgIpc) is 2.26. The summed E-state index contributed by atoms with van der Waals surface area (Å²) >= 11 is 0. The molecule has 2 rings (SSSR count). The molecular weight excluding hydrogens is 220 g/mol. The van der Waals surface area contributed by atoms with E-state index in [-0.39, 0.29) is 22.7 Å². The second kappa shape index (κ2) is 4.29. The third-order valence-corrected chi connectivity index (χ3v) is 2.94. The molecule has 0 unspecified atom stereocenters. The van der Waals surface area contributed by atoms with Crippen LogP contribution < -0.4 is 11.3 Å². The highest BCUT2D eigenvalue weighted by Crippen LogP contribution is 2.24. The highest BCUT2D eigenvalue weighted by molar-refractivity contribution is 5.92. The summed E-state index contributed by atoms with van der Waals surface area (Å²) in [5.74, 6) is -0.182. The molecule has 1 saturated heterocycles. The van der Waals surface area contributed by atoms with Crippen LogP contribution in [0.5, 0.6) is 0 Å². The van der Waals surface area contributed by atoms with Crippen LogP contribution >= 0.6 is 0 Å². The molecule has 2 heterocycles. The number of nitrogens with zero attached hydrogens (tertiary/aromatic N) is 2. The minimum absolute atomic E-state index is 0.182. The molecule has 0 aliphatic carbocycles. The van der Waals surface area contributed by atoms with Crippen molar-refractivity contribution in [3.05, 3.63) is 28.2 Å². The lowest BCUT2D eigenvalue weighted by Crippen LogP contribution is -2.68. The predicted molar refractivity (Wildman–Crippen MR) is 62.6 cm³/mol. The maximum Gasteiger partial charge on any atom is 0.274 e. The van der Waals surface area contributed by atoms with Crippen molar-refractivity contribution in [3.63, 3.8) is 0 Å². The lowest BCUT2D eigenvalue weighted by Gasteiger charge is -2.47. The smallest absolute Gasteiger partial charge is 0.274 e. The maximum atomic E-state index is 11.9. The minimum atomic E-state index is -0.315. The maximum absolute atomic E-state index is 11.9. The molecule has 0 spiro atoms. The molecule has 17 heavy (non-hydrogen) atoms. The summed E-state index contributed by atoms with van der Waals surface area (Å²) in [5, 5.41) is 5.95. The zero-order valence-electron chi connectivity index (χ0n) is 9.77. The second-order valence-electron chi connectivity index (χ2n) is 4.58. The number of rotatable bonds is 3. The molecule has 3 N–H and O–H groups in total. The second-order valence-corrected chi connectivity index (χ2v) is 4.58. The number of nitrogens with one attached hydrogen (secondary N) is 1. The monoisotopic (exact) mass is 236 g/mol. The SMILES string of the molecule is CCCC1(N)CN(C(=O)c2ccc(=O)[nH]n2)C1. The van der Waals surface area contributed by atoms with Gasteiger partial charge < -0.3 is 10.6 Å². The molecule has 1 fully saturated rings. The summed E-state index contributed by atoms with van der Waals surface area (Å²) in [6.07, 6.45) is 1.92. The van der Waals surface area contributed by atoms with Crippen molar-refractivity contribution in [2.45, 2.75) is 25.3 Å². The molecule has 1 aromatic heterocycles. The van der Waals surface area contributed by atoms with Crippen molar-refractivity contribution < 1.29 is 4.79 Å². The largest absolute Gasteiger partial charge is 0.333 e. The molecule has 6 nitrogen and oxygen atoms in total. The highest BCUT2D eigenvalue weighted by atomic mass is 16.2. The molecule has 0 atom stereocenters. The normalized spacial score (nSPS) is 17.6. The van der Waals surface area contributed by atoms with Crippen LogP contribution in [0.1, 0.15) is 30.3 Å². The Balaban J connectivity index is 2.00. The topological polar surface area (TPSA) is 92.1 Å². The van der Waals surface area contributed by atoms with Crippen LogP contribution in [0.25, 0.3) is 0 Å². The van der Waals surface area contributed by atoms with Crippen molar-refractivity contribution in [3.8, 4) is 0 Å². The zero-order chi connectivity index (χ0) is 12.5. The van der Waals surface area contributed by atoms with Gasteiger partial charge in [-0.25, -0.2) is 5.10 Å². The highest BCUT2D eigenvalue weighted by Gasteiger charge is 2.41. The lowest BCUT2D eigenvalue weighted by molar-refractivity contribution is 0.0379. The van der Waals surface area contributed by atoms with Crippen LogP contribution in [0.4, 0.5) is 0 Å². The summed E-state index contributed by atoms with van der Waals surface area (Å²) in [7, 11) is 0. The number of nitrogens with two attached hydrogens (primary N) is 1. The molecule has 0 aromatic carbocycles. The molecular formula is C11H16N4O2. The van der Waals surface area contributed by atoms with E-state index in [0.29, 0.717) is 13.1 Å². The first-order valence-corrected chi connectivity index (χ1v) is 5.68. The van der Waals surface area contributed by atoms with E-state index in [1.165, 1.54) is 12.1 Å². The Morgan fingerprint density at radius 3 is 2.82 bits per heavy atom. The summed E-state index contributed by atoms with van der Waals surface area (Å²) in [4.78, 5) is 24.4. The van der Waals surface area contributed by atoms with Crippen molar-refractivity contribution in [2.75, 3.05) is 13.1 Å². The Morgan fingerprint density at radius 2 is 2.29 bits per heavy atom. The van der Waals surface area contributed by atoms with E-state index in [9.17, 15) is 9.59 Å². The Hall–Kier alpha value is -1.69. The van der Waals surface area contributed by atoms with Crippen LogP contribution in [0.15, 0.2) is 16.9 Å². The fraction of sp³-hybridized carbons (Fsp3) is 0.545. The molecule has 1 aliphatic rings. The number of hydrogen-bond acceptors (Lipinski definition) is 4. The van der Waals surface area contributed by atoms with Gasteiger partial charge in [0.15, 0.2) is 0 Å². The van der Waals surface area contributed by atoms with E-state index >= 15 is 0 Å². The number of aromatic amines is 1. The molecule has 0 bridgehead atoms. The average molecular weight is 236 g/mol. The number of hydrogen-bond donors (Lipinski definition) is 2. The van der Waals surface area contributed by atoms with Crippen LogP contribution in [0, 0.1) is 0 Å². The van der Waals surface area contributed by atoms with Gasteiger partial charge in [-0.15, -0.1) is 0 Å². The summed E-state index contributed by atoms with van der Waals surface area (Å²) in [6, 6.07) is 2.72. The predicted octanol–water partition coefficient (Wildman–Crippen LogP) is -0.277. The third-order valence-electron chi connectivity index (χ3n) is 2.94. The summed E-state index contributed by atoms with van der Waals surface area (Å²) in [6.45, 7) is 3.18. The van der Waals surface area contributed by atoms with E-state index in [4.69, 9.17) is 5.73 Å². The van der Waals surface area contributed by atoms with E-state index in [1.54, 1.807) is 4.90 Å². The quantitative estimate of drug-likeness (QED) is 0.755. The number of carbonyl (C=O) groups excluding carboxylic acids is 1. The zero-order valence-corrected chi connectivity index (χ0v) is 9.77. The van der Waals surface area contributed by atoms with E-state index in [1.807, 2.05) is 0 Å². The van der Waals surface area contributed by atoms with Gasteiger partial charge >= 0.3 is 0 Å². The first-order chi connectivity index (χ1) is 8.04. The Kier molecular flexibility index (Phi) is 2.97. The number of carbonyl (C=O) groups is 1. The lowest BCUT2D eigenvalue weighted by atomic mass is 9.86. The van der Waals surface area contributed by atoms with Gasteiger partial charge in [-0.2, -0.15) is 5.10 Å². The van der Waals surface area contributed by atoms with Crippen LogP contribution in [0.2, 0.25) is 0 Å². The molecule has 0 radical (unpaired) electrons. The molecule has 0 saturated carbocycles. The fourth-order valence-corrected chi connectivity index (χ4v) is 2.14. The van der Waals surface area contributed by atoms with E-state index in [0.717, 1.165) is 12.8 Å². The summed E-state index contributed by atoms with van der Waals surface area (Å²) in [5.41, 5.74) is 5.77. The molecule has 1 aromatic rings.